The van der Waals surface area contributed by atoms with Crippen LogP contribution < -0.4 is 0 Å². The van der Waals surface area contributed by atoms with E-state index in [1.165, 1.54) is 70.9 Å². The number of furan rings is 1. The van der Waals surface area contributed by atoms with Gasteiger partial charge in [-0.25, -0.2) is 0 Å². The van der Waals surface area contributed by atoms with Crippen molar-refractivity contribution in [3.8, 4) is 16.8 Å². The summed E-state index contributed by atoms with van der Waals surface area (Å²) in [7, 11) is 0. The average Bonchev–Trinajstić information content (AvgIpc) is 3.66. The highest BCUT2D eigenvalue weighted by Gasteiger charge is 2.15. The second kappa shape index (κ2) is 10.4. The van der Waals surface area contributed by atoms with Crippen molar-refractivity contribution in [2.24, 2.45) is 0 Å². The van der Waals surface area contributed by atoms with E-state index in [1.807, 2.05) is 26.0 Å². The summed E-state index contributed by atoms with van der Waals surface area (Å²) >= 11 is 0. The molecule has 10 rings (SSSR count). The van der Waals surface area contributed by atoms with E-state index in [0.717, 1.165) is 21.9 Å². The lowest BCUT2D eigenvalue weighted by Crippen LogP contribution is -1.95. The summed E-state index contributed by atoms with van der Waals surface area (Å²) in [6.45, 7) is 4.00. The van der Waals surface area contributed by atoms with Gasteiger partial charge in [0.2, 0.25) is 0 Å². The molecule has 0 aliphatic heterocycles. The largest absolute Gasteiger partial charge is 0.456 e. The van der Waals surface area contributed by atoms with Gasteiger partial charge in [0.05, 0.1) is 16.7 Å². The molecule has 2 nitrogen and oxygen atoms in total. The molecule has 2 heterocycles. The van der Waals surface area contributed by atoms with Crippen LogP contribution in [-0.4, -0.2) is 4.57 Å². The van der Waals surface area contributed by atoms with Crippen LogP contribution >= 0.6 is 0 Å². The molecule has 2 aromatic heterocycles. The molecule has 46 heavy (non-hydrogen) atoms. The molecule has 0 fully saturated rings. The highest BCUT2D eigenvalue weighted by molar-refractivity contribution is 6.14. The van der Waals surface area contributed by atoms with Gasteiger partial charge in [0.1, 0.15) is 11.2 Å². The first-order chi connectivity index (χ1) is 22.8. The first kappa shape index (κ1) is 26.5. The fraction of sp³-hybridized carbons (Fsp3) is 0.0455. The number of nitrogens with zero attached hydrogens (tertiary/aromatic N) is 1. The average molecular weight is 590 g/mol. The van der Waals surface area contributed by atoms with Crippen molar-refractivity contribution in [2.45, 2.75) is 13.8 Å². The lowest BCUT2D eigenvalue weighted by molar-refractivity contribution is 0.669. The maximum atomic E-state index is 6.12. The molecule has 0 atom stereocenters. The Morgan fingerprint density at radius 1 is 0.391 bits per heavy atom. The molecule has 0 amide bonds. The molecule has 0 unspecified atom stereocenters. The Bertz CT molecular complexity index is 2720. The molecule has 8 aromatic carbocycles. The van der Waals surface area contributed by atoms with E-state index >= 15 is 0 Å². The zero-order valence-corrected chi connectivity index (χ0v) is 25.8. The van der Waals surface area contributed by atoms with Crippen LogP contribution in [0.5, 0.6) is 0 Å². The molecule has 0 saturated heterocycles. The van der Waals surface area contributed by atoms with Crippen molar-refractivity contribution in [3.05, 3.63) is 152 Å². The Kier molecular flexibility index (Phi) is 5.97. The van der Waals surface area contributed by atoms with E-state index in [9.17, 15) is 0 Å². The summed E-state index contributed by atoms with van der Waals surface area (Å²) in [5.41, 5.74) is 7.92. The Labute approximate surface area is 266 Å². The first-order valence-electron chi connectivity index (χ1n) is 16.1. The number of rotatable bonds is 2. The summed E-state index contributed by atoms with van der Waals surface area (Å²) in [5.74, 6) is 0. The van der Waals surface area contributed by atoms with Gasteiger partial charge in [-0.05, 0) is 98.7 Å². The number of aromatic nitrogens is 1. The number of hydrogen-bond donors (Lipinski definition) is 0. The van der Waals surface area contributed by atoms with Crippen molar-refractivity contribution >= 4 is 76.1 Å². The molecular weight excluding hydrogens is 558 g/mol. The number of benzene rings is 8. The molecule has 0 radical (unpaired) electrons. The summed E-state index contributed by atoms with van der Waals surface area (Å²) in [5, 5.41) is 12.3. The zero-order chi connectivity index (χ0) is 30.8. The molecule has 0 saturated carbocycles. The van der Waals surface area contributed by atoms with Crippen LogP contribution in [0.4, 0.5) is 0 Å². The van der Waals surface area contributed by atoms with E-state index in [2.05, 4.69) is 144 Å². The second-order valence-corrected chi connectivity index (χ2v) is 11.8. The number of para-hydroxylation sites is 3. The van der Waals surface area contributed by atoms with Gasteiger partial charge in [-0.15, -0.1) is 0 Å². The molecule has 10 aromatic rings. The second-order valence-electron chi connectivity index (χ2n) is 11.8. The Morgan fingerprint density at radius 2 is 0.978 bits per heavy atom. The highest BCUT2D eigenvalue weighted by atomic mass is 16.3. The van der Waals surface area contributed by atoms with Crippen LogP contribution in [0.25, 0.3) is 92.9 Å². The zero-order valence-electron chi connectivity index (χ0n) is 25.8. The quantitative estimate of drug-likeness (QED) is 0.183. The Hall–Kier alpha value is -5.86. The fourth-order valence-electron chi connectivity index (χ4n) is 7.31. The van der Waals surface area contributed by atoms with Gasteiger partial charge in [-0.2, -0.15) is 0 Å². The Balaban J connectivity index is 0.00000143. The van der Waals surface area contributed by atoms with Crippen molar-refractivity contribution in [3.63, 3.8) is 0 Å². The number of fused-ring (bicyclic) bond motifs is 9. The normalized spacial score (nSPS) is 11.7. The molecule has 218 valence electrons. The van der Waals surface area contributed by atoms with E-state index in [-0.39, 0.29) is 0 Å². The standard InChI is InChI=1S/C42H25NO.C2H6/c1-4-15-38-32(11-1)33-12-2-5-16-39(33)43(38)40-17-8-10-27-22-29-21-26-9-7-14-31(35(26)24-30(29)25-36(27)40)28-19-20-42-37(23-28)34-13-3-6-18-41(34)44-42;1-2/h1-25H;1-2H3. The molecule has 0 N–H and O–H groups in total. The van der Waals surface area contributed by atoms with E-state index < -0.39 is 0 Å². The predicted octanol–water partition coefficient (Wildman–Crippen LogP) is 12.8. The van der Waals surface area contributed by atoms with Gasteiger partial charge in [-0.3, -0.25) is 0 Å². The molecule has 0 spiro atoms. The third-order valence-corrected chi connectivity index (χ3v) is 9.32. The van der Waals surface area contributed by atoms with Crippen molar-refractivity contribution < 1.29 is 4.42 Å². The molecule has 0 aliphatic carbocycles. The third kappa shape index (κ3) is 3.90. The third-order valence-electron chi connectivity index (χ3n) is 9.32. The predicted molar refractivity (Wildman–Crippen MR) is 197 cm³/mol. The molecule has 0 bridgehead atoms. The summed E-state index contributed by atoms with van der Waals surface area (Å²) < 4.78 is 8.55. The van der Waals surface area contributed by atoms with Crippen molar-refractivity contribution in [2.75, 3.05) is 0 Å². The summed E-state index contributed by atoms with van der Waals surface area (Å²) in [4.78, 5) is 0. The van der Waals surface area contributed by atoms with Crippen LogP contribution in [0.3, 0.4) is 0 Å². The molecule has 0 aliphatic rings. The minimum absolute atomic E-state index is 0.921. The van der Waals surface area contributed by atoms with Crippen LogP contribution in [0.2, 0.25) is 0 Å². The van der Waals surface area contributed by atoms with Crippen LogP contribution in [0.15, 0.2) is 156 Å². The SMILES string of the molecule is CC.c1cc(-c2ccc3oc4ccccc4c3c2)c2cc3cc4c(-n5c6ccccc6c6ccccc65)cccc4cc3cc2c1. The van der Waals surface area contributed by atoms with Crippen molar-refractivity contribution in [1.82, 2.24) is 4.57 Å². The van der Waals surface area contributed by atoms with E-state index in [0.29, 0.717) is 0 Å². The van der Waals surface area contributed by atoms with Crippen molar-refractivity contribution in [1.29, 1.82) is 0 Å². The monoisotopic (exact) mass is 589 g/mol. The van der Waals surface area contributed by atoms with Gasteiger partial charge in [0.15, 0.2) is 0 Å². The first-order valence-corrected chi connectivity index (χ1v) is 16.1. The smallest absolute Gasteiger partial charge is 0.135 e. The van der Waals surface area contributed by atoms with Gasteiger partial charge in [-0.1, -0.05) is 105 Å². The highest BCUT2D eigenvalue weighted by Crippen LogP contribution is 2.39. The van der Waals surface area contributed by atoms with Gasteiger partial charge in [0, 0.05) is 26.9 Å². The minimum Gasteiger partial charge on any atom is -0.456 e. The maximum absolute atomic E-state index is 6.12. The van der Waals surface area contributed by atoms with Gasteiger partial charge < -0.3 is 8.98 Å². The lowest BCUT2D eigenvalue weighted by Gasteiger charge is -2.14. The van der Waals surface area contributed by atoms with Crippen LogP contribution in [-0.2, 0) is 0 Å². The minimum atomic E-state index is 0.921. The summed E-state index contributed by atoms with van der Waals surface area (Å²) in [6.07, 6.45) is 0. The summed E-state index contributed by atoms with van der Waals surface area (Å²) in [6, 6.07) is 55.0. The molecule has 2 heteroatoms. The Morgan fingerprint density at radius 3 is 1.74 bits per heavy atom. The number of hydrogen-bond acceptors (Lipinski definition) is 1. The fourth-order valence-corrected chi connectivity index (χ4v) is 7.31. The van der Waals surface area contributed by atoms with Crippen LogP contribution in [0.1, 0.15) is 13.8 Å². The molecular formula is C44H31NO. The topological polar surface area (TPSA) is 18.1 Å². The van der Waals surface area contributed by atoms with Gasteiger partial charge >= 0.3 is 0 Å². The van der Waals surface area contributed by atoms with E-state index in [1.54, 1.807) is 0 Å². The van der Waals surface area contributed by atoms with E-state index in [4.69, 9.17) is 4.42 Å². The van der Waals surface area contributed by atoms with Crippen LogP contribution in [0, 0.1) is 0 Å². The lowest BCUT2D eigenvalue weighted by atomic mass is 9.93. The maximum Gasteiger partial charge on any atom is 0.135 e. The van der Waals surface area contributed by atoms with Gasteiger partial charge in [0.25, 0.3) is 0 Å².